The second kappa shape index (κ2) is 9.63. The zero-order valence-electron chi connectivity index (χ0n) is 18.2. The van der Waals surface area contributed by atoms with Crippen molar-refractivity contribution in [1.29, 1.82) is 0 Å². The first-order valence-corrected chi connectivity index (χ1v) is 11.0. The van der Waals surface area contributed by atoms with Gasteiger partial charge in [0.25, 0.3) is 0 Å². The Labute approximate surface area is 180 Å². The molecule has 1 aliphatic carbocycles. The van der Waals surface area contributed by atoms with Gasteiger partial charge in [0.1, 0.15) is 5.75 Å². The summed E-state index contributed by atoms with van der Waals surface area (Å²) in [7, 11) is 1.71. The van der Waals surface area contributed by atoms with Crippen LogP contribution in [0.5, 0.6) is 5.75 Å². The van der Waals surface area contributed by atoms with Gasteiger partial charge in [-0.1, -0.05) is 42.5 Å². The van der Waals surface area contributed by atoms with E-state index in [1.54, 1.807) is 7.11 Å². The Hall–Kier alpha value is -2.37. The fourth-order valence-corrected chi connectivity index (χ4v) is 4.26. The number of para-hydroxylation sites is 1. The molecule has 5 nitrogen and oxygen atoms in total. The third-order valence-corrected chi connectivity index (χ3v) is 6.35. The van der Waals surface area contributed by atoms with Crippen LogP contribution in [0.15, 0.2) is 48.5 Å². The molecule has 160 valence electrons. The highest BCUT2D eigenvalue weighted by Gasteiger charge is 2.32. The van der Waals surface area contributed by atoms with Gasteiger partial charge < -0.3 is 9.64 Å². The van der Waals surface area contributed by atoms with Crippen LogP contribution in [-0.4, -0.2) is 66.5 Å². The number of rotatable bonds is 8. The second-order valence-electron chi connectivity index (χ2n) is 8.53. The molecule has 30 heavy (non-hydrogen) atoms. The normalized spacial score (nSPS) is 17.4. The molecule has 2 aromatic rings. The molecule has 2 aliphatic rings. The molecule has 2 aromatic carbocycles. The third-order valence-electron chi connectivity index (χ3n) is 6.35. The van der Waals surface area contributed by atoms with Gasteiger partial charge in [-0.15, -0.1) is 0 Å². The Kier molecular flexibility index (Phi) is 6.70. The van der Waals surface area contributed by atoms with Gasteiger partial charge in [0.2, 0.25) is 5.91 Å². The summed E-state index contributed by atoms with van der Waals surface area (Å²) in [4.78, 5) is 19.9. The summed E-state index contributed by atoms with van der Waals surface area (Å²) in [6, 6.07) is 17.2. The van der Waals surface area contributed by atoms with E-state index in [1.807, 2.05) is 23.1 Å². The van der Waals surface area contributed by atoms with E-state index in [1.165, 1.54) is 24.0 Å². The zero-order chi connectivity index (χ0) is 20.9. The number of benzene rings is 2. The Morgan fingerprint density at radius 3 is 2.33 bits per heavy atom. The summed E-state index contributed by atoms with van der Waals surface area (Å²) in [5, 5.41) is 0. The standard InChI is InChI=1S/C25H33N3O2/c1-20-7-3-4-8-21(20)17-26-13-15-27(16-14-26)25(29)19-28(23-11-12-23)18-22-9-5-6-10-24(22)30-2/h3-10,23H,11-19H2,1-2H3. The molecule has 1 saturated carbocycles. The van der Waals surface area contributed by atoms with Gasteiger partial charge in [0, 0.05) is 50.9 Å². The molecule has 5 heteroatoms. The Bertz CT molecular complexity index is 857. The van der Waals surface area contributed by atoms with Crippen molar-refractivity contribution in [1.82, 2.24) is 14.7 Å². The van der Waals surface area contributed by atoms with Gasteiger partial charge in [-0.05, 0) is 37.0 Å². The van der Waals surface area contributed by atoms with E-state index >= 15 is 0 Å². The summed E-state index contributed by atoms with van der Waals surface area (Å²) in [6.07, 6.45) is 2.37. The lowest BCUT2D eigenvalue weighted by atomic mass is 10.1. The highest BCUT2D eigenvalue weighted by Crippen LogP contribution is 2.30. The minimum atomic E-state index is 0.257. The predicted molar refractivity (Wildman–Crippen MR) is 119 cm³/mol. The Morgan fingerprint density at radius 1 is 1.00 bits per heavy atom. The Balaban J connectivity index is 1.30. The fourth-order valence-electron chi connectivity index (χ4n) is 4.26. The molecule has 1 amide bonds. The molecule has 0 unspecified atom stereocenters. The van der Waals surface area contributed by atoms with Crippen LogP contribution in [0.25, 0.3) is 0 Å². The van der Waals surface area contributed by atoms with Crippen molar-refractivity contribution in [3.8, 4) is 5.75 Å². The van der Waals surface area contributed by atoms with E-state index in [-0.39, 0.29) is 5.91 Å². The molecule has 1 saturated heterocycles. The largest absolute Gasteiger partial charge is 0.496 e. The van der Waals surface area contributed by atoms with Crippen LogP contribution >= 0.6 is 0 Å². The molecular formula is C25H33N3O2. The fraction of sp³-hybridized carbons (Fsp3) is 0.480. The highest BCUT2D eigenvalue weighted by molar-refractivity contribution is 5.78. The molecule has 1 heterocycles. The number of methoxy groups -OCH3 is 1. The summed E-state index contributed by atoms with van der Waals surface area (Å²) in [5.74, 6) is 1.16. The average Bonchev–Trinajstić information content (AvgIpc) is 3.61. The number of aryl methyl sites for hydroxylation is 1. The Morgan fingerprint density at radius 2 is 1.67 bits per heavy atom. The number of carbonyl (C=O) groups is 1. The van der Waals surface area contributed by atoms with Crippen molar-refractivity contribution >= 4 is 5.91 Å². The molecule has 0 bridgehead atoms. The van der Waals surface area contributed by atoms with Crippen LogP contribution in [0.4, 0.5) is 0 Å². The van der Waals surface area contributed by atoms with E-state index in [0.29, 0.717) is 12.6 Å². The van der Waals surface area contributed by atoms with Gasteiger partial charge in [0.05, 0.1) is 13.7 Å². The number of carbonyl (C=O) groups excluding carboxylic acids is 1. The zero-order valence-corrected chi connectivity index (χ0v) is 18.2. The van der Waals surface area contributed by atoms with E-state index in [9.17, 15) is 4.79 Å². The lowest BCUT2D eigenvalue weighted by molar-refractivity contribution is -0.134. The first-order chi connectivity index (χ1) is 14.6. The van der Waals surface area contributed by atoms with Gasteiger partial charge in [0.15, 0.2) is 0 Å². The lowest BCUT2D eigenvalue weighted by Gasteiger charge is -2.36. The van der Waals surface area contributed by atoms with Crippen LogP contribution in [0.2, 0.25) is 0 Å². The van der Waals surface area contributed by atoms with E-state index in [2.05, 4.69) is 47.1 Å². The van der Waals surface area contributed by atoms with Crippen molar-refractivity contribution in [2.45, 2.75) is 38.9 Å². The number of piperazine rings is 1. The second-order valence-corrected chi connectivity index (χ2v) is 8.53. The van der Waals surface area contributed by atoms with Crippen molar-refractivity contribution in [3.63, 3.8) is 0 Å². The number of ether oxygens (including phenoxy) is 1. The van der Waals surface area contributed by atoms with Crippen LogP contribution in [-0.2, 0) is 17.9 Å². The molecule has 0 spiro atoms. The van der Waals surface area contributed by atoms with Crippen molar-refractivity contribution in [2.24, 2.45) is 0 Å². The average molecular weight is 408 g/mol. The first kappa shape index (κ1) is 20.9. The van der Waals surface area contributed by atoms with Crippen LogP contribution in [0.3, 0.4) is 0 Å². The van der Waals surface area contributed by atoms with Crippen molar-refractivity contribution in [3.05, 3.63) is 65.2 Å². The summed E-state index contributed by atoms with van der Waals surface area (Å²) < 4.78 is 5.51. The van der Waals surface area contributed by atoms with Gasteiger partial charge in [-0.2, -0.15) is 0 Å². The summed E-state index contributed by atoms with van der Waals surface area (Å²) in [6.45, 7) is 7.93. The van der Waals surface area contributed by atoms with Crippen molar-refractivity contribution in [2.75, 3.05) is 39.8 Å². The van der Waals surface area contributed by atoms with Crippen LogP contribution in [0, 0.1) is 6.92 Å². The number of nitrogens with zero attached hydrogens (tertiary/aromatic N) is 3. The SMILES string of the molecule is COc1ccccc1CN(CC(=O)N1CCN(Cc2ccccc2C)CC1)C1CC1. The summed E-state index contributed by atoms with van der Waals surface area (Å²) in [5.41, 5.74) is 3.88. The molecule has 4 rings (SSSR count). The molecule has 0 N–H and O–H groups in total. The predicted octanol–water partition coefficient (Wildman–Crippen LogP) is 3.31. The summed E-state index contributed by atoms with van der Waals surface area (Å²) >= 11 is 0. The van der Waals surface area contributed by atoms with Crippen LogP contribution < -0.4 is 4.74 Å². The quantitative estimate of drug-likeness (QED) is 0.673. The highest BCUT2D eigenvalue weighted by atomic mass is 16.5. The molecule has 0 atom stereocenters. The molecule has 0 aromatic heterocycles. The minimum Gasteiger partial charge on any atom is -0.496 e. The topological polar surface area (TPSA) is 36.0 Å². The van der Waals surface area contributed by atoms with E-state index < -0.39 is 0 Å². The maximum absolute atomic E-state index is 13.0. The van der Waals surface area contributed by atoms with Crippen LogP contribution in [0.1, 0.15) is 29.5 Å². The van der Waals surface area contributed by atoms with E-state index in [0.717, 1.165) is 50.6 Å². The number of hydrogen-bond donors (Lipinski definition) is 0. The first-order valence-electron chi connectivity index (χ1n) is 11.0. The number of amides is 1. The maximum Gasteiger partial charge on any atom is 0.236 e. The van der Waals surface area contributed by atoms with Crippen molar-refractivity contribution < 1.29 is 9.53 Å². The van der Waals surface area contributed by atoms with E-state index in [4.69, 9.17) is 4.74 Å². The lowest BCUT2D eigenvalue weighted by Crippen LogP contribution is -2.51. The smallest absolute Gasteiger partial charge is 0.236 e. The monoisotopic (exact) mass is 407 g/mol. The third kappa shape index (κ3) is 5.21. The minimum absolute atomic E-state index is 0.257. The van der Waals surface area contributed by atoms with Gasteiger partial charge in [-0.3, -0.25) is 14.6 Å². The molecule has 0 radical (unpaired) electrons. The number of hydrogen-bond acceptors (Lipinski definition) is 4. The molecule has 2 fully saturated rings. The van der Waals surface area contributed by atoms with Gasteiger partial charge >= 0.3 is 0 Å². The maximum atomic E-state index is 13.0. The molecule has 1 aliphatic heterocycles. The van der Waals surface area contributed by atoms with Gasteiger partial charge in [-0.25, -0.2) is 0 Å². The molecular weight excluding hydrogens is 374 g/mol.